The average molecular weight is 441 g/mol. The molecule has 1 aromatic carbocycles. The molecule has 0 amide bonds. The van der Waals surface area contributed by atoms with Gasteiger partial charge in [-0.05, 0) is 32.1 Å². The van der Waals surface area contributed by atoms with Gasteiger partial charge in [-0.25, -0.2) is 4.99 Å². The molecule has 31 heavy (non-hydrogen) atoms. The summed E-state index contributed by atoms with van der Waals surface area (Å²) in [6.45, 7) is 2.49. The van der Waals surface area contributed by atoms with Crippen molar-refractivity contribution < 1.29 is 17.9 Å². The van der Waals surface area contributed by atoms with Gasteiger partial charge in [0.15, 0.2) is 5.96 Å². The second kappa shape index (κ2) is 11.7. The number of alkyl halides is 3. The number of hydrogen-bond acceptors (Lipinski definition) is 4. The maximum absolute atomic E-state index is 12.2. The topological polar surface area (TPSA) is 66.7 Å². The van der Waals surface area contributed by atoms with Crippen LogP contribution in [0.15, 0.2) is 41.7 Å². The standard InChI is InChI=1S/C21H31F3N6O/c1-5-25-20(27-12-19(29(2)3)18-11-28-30(4)13-18)26-10-16-6-8-17(9-7-16)14-31-15-21(22,23)24/h6-9,11,13,19H,5,10,12,14-15H2,1-4H3,(H2,25,26,27). The lowest BCUT2D eigenvalue weighted by molar-refractivity contribution is -0.176. The van der Waals surface area contributed by atoms with Crippen molar-refractivity contribution in [3.63, 3.8) is 0 Å². The smallest absolute Gasteiger partial charge is 0.367 e. The molecule has 1 atom stereocenters. The van der Waals surface area contributed by atoms with Crippen LogP contribution in [0.4, 0.5) is 13.2 Å². The quantitative estimate of drug-likeness (QED) is 0.439. The molecule has 0 bridgehead atoms. The summed E-state index contributed by atoms with van der Waals surface area (Å²) in [6, 6.07) is 7.33. The lowest BCUT2D eigenvalue weighted by Crippen LogP contribution is -2.41. The highest BCUT2D eigenvalue weighted by molar-refractivity contribution is 5.79. The monoisotopic (exact) mass is 440 g/mol. The number of ether oxygens (including phenoxy) is 1. The summed E-state index contributed by atoms with van der Waals surface area (Å²) in [5.74, 6) is 0.691. The van der Waals surface area contributed by atoms with E-state index in [0.29, 0.717) is 24.6 Å². The number of rotatable bonds is 10. The van der Waals surface area contributed by atoms with E-state index in [1.165, 1.54) is 0 Å². The number of nitrogens with zero attached hydrogens (tertiary/aromatic N) is 4. The van der Waals surface area contributed by atoms with Gasteiger partial charge in [0.2, 0.25) is 0 Å². The fourth-order valence-electron chi connectivity index (χ4n) is 2.94. The Morgan fingerprint density at radius 1 is 1.19 bits per heavy atom. The van der Waals surface area contributed by atoms with Crippen LogP contribution in [0.1, 0.15) is 29.7 Å². The van der Waals surface area contributed by atoms with E-state index in [1.807, 2.05) is 52.6 Å². The number of aliphatic imine (C=N–C) groups is 1. The first-order valence-electron chi connectivity index (χ1n) is 10.1. The Morgan fingerprint density at radius 2 is 1.87 bits per heavy atom. The van der Waals surface area contributed by atoms with Crippen LogP contribution in [0.2, 0.25) is 0 Å². The number of nitrogens with one attached hydrogen (secondary N) is 2. The summed E-state index contributed by atoms with van der Waals surface area (Å²) in [5.41, 5.74) is 2.75. The lowest BCUT2D eigenvalue weighted by atomic mass is 10.1. The Kier molecular flexibility index (Phi) is 9.32. The summed E-state index contributed by atoms with van der Waals surface area (Å²) >= 11 is 0. The maximum atomic E-state index is 12.2. The van der Waals surface area contributed by atoms with E-state index in [0.717, 1.165) is 17.7 Å². The van der Waals surface area contributed by atoms with Gasteiger partial charge in [0.05, 0.1) is 25.4 Å². The van der Waals surface area contributed by atoms with Gasteiger partial charge in [0.25, 0.3) is 0 Å². The second-order valence-electron chi connectivity index (χ2n) is 7.43. The first kappa shape index (κ1) is 24.7. The summed E-state index contributed by atoms with van der Waals surface area (Å²) in [5, 5.41) is 10.8. The van der Waals surface area contributed by atoms with Crippen molar-refractivity contribution in [3.8, 4) is 0 Å². The largest absolute Gasteiger partial charge is 0.411 e. The van der Waals surface area contributed by atoms with Gasteiger partial charge in [0, 0.05) is 31.9 Å². The Balaban J connectivity index is 1.92. The molecule has 7 nitrogen and oxygen atoms in total. The number of benzene rings is 1. The third kappa shape index (κ3) is 8.97. The maximum Gasteiger partial charge on any atom is 0.411 e. The molecule has 172 valence electrons. The Hall–Kier alpha value is -2.59. The number of aromatic nitrogens is 2. The van der Waals surface area contributed by atoms with Gasteiger partial charge in [0.1, 0.15) is 6.61 Å². The Labute approximate surface area is 181 Å². The van der Waals surface area contributed by atoms with Gasteiger partial charge in [-0.15, -0.1) is 0 Å². The van der Waals surface area contributed by atoms with Gasteiger partial charge < -0.3 is 20.3 Å². The van der Waals surface area contributed by atoms with Crippen molar-refractivity contribution in [1.29, 1.82) is 0 Å². The van der Waals surface area contributed by atoms with Crippen molar-refractivity contribution in [2.24, 2.45) is 12.0 Å². The highest BCUT2D eigenvalue weighted by Gasteiger charge is 2.27. The molecule has 1 heterocycles. The van der Waals surface area contributed by atoms with E-state index in [4.69, 9.17) is 0 Å². The lowest BCUT2D eigenvalue weighted by Gasteiger charge is -2.24. The average Bonchev–Trinajstić information content (AvgIpc) is 3.12. The van der Waals surface area contributed by atoms with Crippen molar-refractivity contribution >= 4 is 5.96 Å². The Morgan fingerprint density at radius 3 is 2.42 bits per heavy atom. The number of likely N-dealkylation sites (N-methyl/N-ethyl adjacent to an activating group) is 1. The predicted octanol–water partition coefficient (Wildman–Crippen LogP) is 2.86. The second-order valence-corrected chi connectivity index (χ2v) is 7.43. The van der Waals surface area contributed by atoms with Gasteiger partial charge >= 0.3 is 6.18 Å². The van der Waals surface area contributed by atoms with E-state index in [9.17, 15) is 13.2 Å². The van der Waals surface area contributed by atoms with Crippen LogP contribution in [-0.4, -0.2) is 60.6 Å². The summed E-state index contributed by atoms with van der Waals surface area (Å²) in [4.78, 5) is 6.73. The minimum atomic E-state index is -4.31. The minimum Gasteiger partial charge on any atom is -0.367 e. The molecule has 0 saturated carbocycles. The highest BCUT2D eigenvalue weighted by atomic mass is 19.4. The van der Waals surface area contributed by atoms with E-state index < -0.39 is 12.8 Å². The molecule has 0 radical (unpaired) electrons. The number of halogens is 3. The van der Waals surface area contributed by atoms with Crippen LogP contribution in [0.25, 0.3) is 0 Å². The van der Waals surface area contributed by atoms with E-state index >= 15 is 0 Å². The number of guanidine groups is 1. The van der Waals surface area contributed by atoms with Crippen LogP contribution in [0.3, 0.4) is 0 Å². The molecule has 0 spiro atoms. The van der Waals surface area contributed by atoms with Crippen molar-refractivity contribution in [1.82, 2.24) is 25.3 Å². The van der Waals surface area contributed by atoms with Crippen LogP contribution in [0, 0.1) is 0 Å². The molecule has 1 aromatic heterocycles. The molecule has 2 rings (SSSR count). The molecular weight excluding hydrogens is 409 g/mol. The molecule has 0 fully saturated rings. The summed E-state index contributed by atoms with van der Waals surface area (Å²) in [7, 11) is 5.93. The molecule has 0 aliphatic rings. The van der Waals surface area contributed by atoms with E-state index in [2.05, 4.69) is 30.4 Å². The molecule has 10 heteroatoms. The molecule has 2 aromatic rings. The fraction of sp³-hybridized carbons (Fsp3) is 0.524. The number of aryl methyl sites for hydroxylation is 1. The third-order valence-corrected chi connectivity index (χ3v) is 4.52. The Bertz CT molecular complexity index is 817. The zero-order valence-corrected chi connectivity index (χ0v) is 18.4. The predicted molar refractivity (Wildman–Crippen MR) is 115 cm³/mol. The van der Waals surface area contributed by atoms with Crippen molar-refractivity contribution in [2.75, 3.05) is 33.8 Å². The molecule has 0 aliphatic heterocycles. The number of hydrogen-bond donors (Lipinski definition) is 2. The van der Waals surface area contributed by atoms with E-state index in [1.54, 1.807) is 16.8 Å². The van der Waals surface area contributed by atoms with Crippen LogP contribution >= 0.6 is 0 Å². The zero-order valence-electron chi connectivity index (χ0n) is 18.4. The summed E-state index contributed by atoms with van der Waals surface area (Å²) < 4.78 is 42.9. The van der Waals surface area contributed by atoms with E-state index in [-0.39, 0.29) is 12.6 Å². The van der Waals surface area contributed by atoms with Gasteiger partial charge in [-0.3, -0.25) is 4.68 Å². The van der Waals surface area contributed by atoms with Crippen molar-refractivity contribution in [2.45, 2.75) is 32.3 Å². The van der Waals surface area contributed by atoms with Crippen LogP contribution in [0.5, 0.6) is 0 Å². The minimum absolute atomic E-state index is 0.0759. The van der Waals surface area contributed by atoms with Crippen LogP contribution in [-0.2, 0) is 24.9 Å². The fourth-order valence-corrected chi connectivity index (χ4v) is 2.94. The molecular formula is C21H31F3N6O. The molecule has 0 aliphatic carbocycles. The van der Waals surface area contributed by atoms with Gasteiger partial charge in [-0.2, -0.15) is 18.3 Å². The zero-order chi connectivity index (χ0) is 22.9. The third-order valence-electron chi connectivity index (χ3n) is 4.52. The molecule has 2 N–H and O–H groups in total. The normalized spacial score (nSPS) is 13.5. The van der Waals surface area contributed by atoms with Gasteiger partial charge in [-0.1, -0.05) is 24.3 Å². The molecule has 0 saturated heterocycles. The summed E-state index contributed by atoms with van der Waals surface area (Å²) in [6.07, 6.45) is -0.459. The highest BCUT2D eigenvalue weighted by Crippen LogP contribution is 2.17. The molecule has 1 unspecified atom stereocenters. The van der Waals surface area contributed by atoms with Crippen LogP contribution < -0.4 is 10.6 Å². The SMILES string of the molecule is CCNC(=NCc1ccc(COCC(F)(F)F)cc1)NCC(c1cnn(C)c1)N(C)C. The first-order valence-corrected chi connectivity index (χ1v) is 10.1. The first-order chi connectivity index (χ1) is 14.7. The van der Waals surface area contributed by atoms with Crippen molar-refractivity contribution in [3.05, 3.63) is 53.3 Å².